The van der Waals surface area contributed by atoms with E-state index in [2.05, 4.69) is 30.2 Å². The van der Waals surface area contributed by atoms with Crippen LogP contribution in [0.2, 0.25) is 0 Å². The highest BCUT2D eigenvalue weighted by atomic mass is 35.5. The Morgan fingerprint density at radius 1 is 1.67 bits per heavy atom. The zero-order chi connectivity index (χ0) is 11.3. The normalized spacial score (nSPS) is 17.9. The second-order valence-corrected chi connectivity index (χ2v) is 4.26. The van der Waals surface area contributed by atoms with Gasteiger partial charge in [0.05, 0.1) is 18.2 Å². The predicted molar refractivity (Wildman–Crippen MR) is 62.6 cm³/mol. The maximum atomic E-state index is 8.93. The van der Waals surface area contributed by atoms with Crippen LogP contribution < -0.4 is 5.32 Å². The molecule has 0 radical (unpaired) electrons. The molecule has 0 fully saturated rings. The number of nitriles is 1. The Kier molecular flexibility index (Phi) is 4.64. The fraction of sp³-hybridized carbons (Fsp3) is 0.636. The molecule has 0 saturated heterocycles. The summed E-state index contributed by atoms with van der Waals surface area (Å²) in [5.74, 6) is 0.573. The number of allylic oxidation sites excluding steroid dienone is 1. The highest BCUT2D eigenvalue weighted by Gasteiger charge is 2.15. The van der Waals surface area contributed by atoms with E-state index in [9.17, 15) is 0 Å². The van der Waals surface area contributed by atoms with Gasteiger partial charge in [-0.2, -0.15) is 5.26 Å². The third-order valence-corrected chi connectivity index (χ3v) is 2.68. The lowest BCUT2D eigenvalue weighted by Crippen LogP contribution is -2.25. The van der Waals surface area contributed by atoms with Crippen molar-refractivity contribution in [3.05, 3.63) is 11.3 Å². The Morgan fingerprint density at radius 3 is 3.00 bits per heavy atom. The Balaban J connectivity index is 2.65. The van der Waals surface area contributed by atoms with Crippen LogP contribution in [0.5, 0.6) is 0 Å². The van der Waals surface area contributed by atoms with Gasteiger partial charge in [-0.3, -0.25) is 4.99 Å². The Hall–Kier alpha value is -1.01. The largest absolute Gasteiger partial charge is 0.333 e. The molecule has 0 aliphatic carbocycles. The van der Waals surface area contributed by atoms with Gasteiger partial charge in [-0.15, -0.1) is 0 Å². The first kappa shape index (κ1) is 12.1. The van der Waals surface area contributed by atoms with E-state index in [0.717, 1.165) is 18.5 Å². The fourth-order valence-corrected chi connectivity index (χ4v) is 1.88. The molecule has 1 unspecified atom stereocenters. The molecule has 0 aromatic rings. The summed E-state index contributed by atoms with van der Waals surface area (Å²) in [6.45, 7) is 4.77. The number of hydrogen-bond donors (Lipinski definition) is 1. The third kappa shape index (κ3) is 3.56. The summed E-state index contributed by atoms with van der Waals surface area (Å²) in [6.07, 6.45) is 3.21. The second kappa shape index (κ2) is 5.77. The molecule has 1 atom stereocenters. The monoisotopic (exact) mass is 225 g/mol. The van der Waals surface area contributed by atoms with Gasteiger partial charge < -0.3 is 5.32 Å². The molecule has 0 spiro atoms. The minimum atomic E-state index is 0.396. The molecule has 1 rings (SSSR count). The van der Waals surface area contributed by atoms with Gasteiger partial charge in [0.2, 0.25) is 0 Å². The van der Waals surface area contributed by atoms with Crippen LogP contribution in [0.25, 0.3) is 0 Å². The number of aliphatic imine (C=N–C) groups is 1. The molecule has 1 N–H and O–H groups in total. The number of hydrogen-bond acceptors (Lipinski definition) is 3. The highest BCUT2D eigenvalue weighted by molar-refractivity contribution is 6.65. The summed E-state index contributed by atoms with van der Waals surface area (Å²) in [5.41, 5.74) is 1.65. The number of amidine groups is 1. The van der Waals surface area contributed by atoms with Crippen LogP contribution in [-0.4, -0.2) is 11.8 Å². The molecule has 0 bridgehead atoms. The highest BCUT2D eigenvalue weighted by Crippen LogP contribution is 2.19. The molecule has 0 saturated carbocycles. The van der Waals surface area contributed by atoms with E-state index in [0.29, 0.717) is 23.3 Å². The van der Waals surface area contributed by atoms with Crippen molar-refractivity contribution in [3.8, 4) is 6.07 Å². The van der Waals surface area contributed by atoms with Gasteiger partial charge >= 0.3 is 0 Å². The van der Waals surface area contributed by atoms with E-state index in [1.165, 1.54) is 6.42 Å². The summed E-state index contributed by atoms with van der Waals surface area (Å²) >= 11 is 5.79. The second-order valence-electron chi connectivity index (χ2n) is 3.90. The maximum absolute atomic E-state index is 8.93. The lowest BCUT2D eigenvalue weighted by molar-refractivity contribution is 0.511. The SMILES string of the molecule is CCCC(C)CC1=C(C#N)CN=C(Cl)N1. The Bertz CT molecular complexity index is 325. The topological polar surface area (TPSA) is 48.2 Å². The third-order valence-electron chi connectivity index (χ3n) is 2.46. The first-order chi connectivity index (χ1) is 7.17. The number of halogens is 1. The van der Waals surface area contributed by atoms with Gasteiger partial charge in [0.1, 0.15) is 0 Å². The van der Waals surface area contributed by atoms with E-state index in [4.69, 9.17) is 16.9 Å². The van der Waals surface area contributed by atoms with Crippen LogP contribution in [-0.2, 0) is 0 Å². The molecule has 15 heavy (non-hydrogen) atoms. The molecule has 1 aliphatic rings. The van der Waals surface area contributed by atoms with Crippen molar-refractivity contribution in [2.24, 2.45) is 10.9 Å². The van der Waals surface area contributed by atoms with Gasteiger partial charge in [-0.05, 0) is 23.9 Å². The molecule has 0 aromatic carbocycles. The molecular weight excluding hydrogens is 210 g/mol. The zero-order valence-corrected chi connectivity index (χ0v) is 9.93. The zero-order valence-electron chi connectivity index (χ0n) is 9.18. The first-order valence-corrected chi connectivity index (χ1v) is 5.64. The van der Waals surface area contributed by atoms with Crippen molar-refractivity contribution < 1.29 is 0 Å². The van der Waals surface area contributed by atoms with E-state index in [1.807, 2.05) is 0 Å². The van der Waals surface area contributed by atoms with Crippen LogP contribution in [0, 0.1) is 17.2 Å². The van der Waals surface area contributed by atoms with E-state index in [1.54, 1.807) is 0 Å². The predicted octanol–water partition coefficient (Wildman–Crippen LogP) is 2.79. The molecule has 1 heterocycles. The van der Waals surface area contributed by atoms with Gasteiger partial charge in [-0.1, -0.05) is 26.7 Å². The van der Waals surface area contributed by atoms with Crippen molar-refractivity contribution >= 4 is 16.9 Å². The molecular formula is C11H16ClN3. The summed E-state index contributed by atoms with van der Waals surface area (Å²) in [4.78, 5) is 3.98. The van der Waals surface area contributed by atoms with E-state index < -0.39 is 0 Å². The van der Waals surface area contributed by atoms with Crippen LogP contribution in [0.4, 0.5) is 0 Å². The average molecular weight is 226 g/mol. The smallest absolute Gasteiger partial charge is 0.195 e. The first-order valence-electron chi connectivity index (χ1n) is 5.26. The van der Waals surface area contributed by atoms with Crippen molar-refractivity contribution in [2.75, 3.05) is 6.54 Å². The lowest BCUT2D eigenvalue weighted by Gasteiger charge is -2.19. The summed E-state index contributed by atoms with van der Waals surface area (Å²) in [5, 5.41) is 12.3. The van der Waals surface area contributed by atoms with Crippen LogP contribution in [0.1, 0.15) is 33.1 Å². The fourth-order valence-electron chi connectivity index (χ4n) is 1.70. The standard InChI is InChI=1S/C11H16ClN3/c1-3-4-8(2)5-10-9(6-13)7-14-11(12)15-10/h8H,3-5,7H2,1-2H3,(H,14,15). The van der Waals surface area contributed by atoms with Crippen LogP contribution in [0.3, 0.4) is 0 Å². The van der Waals surface area contributed by atoms with Crippen LogP contribution >= 0.6 is 11.6 Å². The molecule has 0 aromatic heterocycles. The van der Waals surface area contributed by atoms with E-state index in [-0.39, 0.29) is 0 Å². The quantitative estimate of drug-likeness (QED) is 0.748. The van der Waals surface area contributed by atoms with Crippen molar-refractivity contribution in [1.29, 1.82) is 5.26 Å². The van der Waals surface area contributed by atoms with Crippen molar-refractivity contribution in [3.63, 3.8) is 0 Å². The summed E-state index contributed by atoms with van der Waals surface area (Å²) in [7, 11) is 0. The van der Waals surface area contributed by atoms with E-state index >= 15 is 0 Å². The Morgan fingerprint density at radius 2 is 2.40 bits per heavy atom. The Labute approximate surface area is 95.8 Å². The minimum absolute atomic E-state index is 0.396. The van der Waals surface area contributed by atoms with Crippen molar-refractivity contribution in [2.45, 2.75) is 33.1 Å². The maximum Gasteiger partial charge on any atom is 0.195 e. The van der Waals surface area contributed by atoms with Gasteiger partial charge in [0, 0.05) is 5.70 Å². The minimum Gasteiger partial charge on any atom is -0.333 e. The van der Waals surface area contributed by atoms with Crippen molar-refractivity contribution in [1.82, 2.24) is 5.32 Å². The van der Waals surface area contributed by atoms with Gasteiger partial charge in [0.25, 0.3) is 0 Å². The van der Waals surface area contributed by atoms with Crippen LogP contribution in [0.15, 0.2) is 16.3 Å². The lowest BCUT2D eigenvalue weighted by atomic mass is 9.98. The number of rotatable bonds is 4. The molecule has 82 valence electrons. The molecule has 0 amide bonds. The molecule has 4 heteroatoms. The summed E-state index contributed by atoms with van der Waals surface area (Å²) in [6, 6.07) is 2.17. The average Bonchev–Trinajstić information content (AvgIpc) is 2.18. The molecule has 3 nitrogen and oxygen atoms in total. The van der Waals surface area contributed by atoms with Gasteiger partial charge in [-0.25, -0.2) is 0 Å². The molecule has 1 aliphatic heterocycles. The number of nitrogens with one attached hydrogen (secondary N) is 1. The number of nitrogens with zero attached hydrogens (tertiary/aromatic N) is 2. The van der Waals surface area contributed by atoms with Gasteiger partial charge in [0.15, 0.2) is 5.29 Å². The summed E-state index contributed by atoms with van der Waals surface area (Å²) < 4.78 is 0.